The zero-order valence-corrected chi connectivity index (χ0v) is 18.6. The minimum absolute atomic E-state index is 0.00283. The predicted octanol–water partition coefficient (Wildman–Crippen LogP) is 3.08. The van der Waals surface area contributed by atoms with Crippen LogP contribution in [0.1, 0.15) is 35.8 Å². The molecule has 166 valence electrons. The van der Waals surface area contributed by atoms with Crippen molar-refractivity contribution in [2.45, 2.75) is 26.2 Å². The van der Waals surface area contributed by atoms with Crippen molar-refractivity contribution in [2.24, 2.45) is 12.5 Å². The lowest BCUT2D eigenvalue weighted by molar-refractivity contribution is -0.133. The number of amides is 2. The molecule has 1 aromatic carbocycles. The molecule has 2 aromatic heterocycles. The summed E-state index contributed by atoms with van der Waals surface area (Å²) >= 11 is 0. The van der Waals surface area contributed by atoms with Crippen molar-refractivity contribution in [2.75, 3.05) is 19.6 Å². The van der Waals surface area contributed by atoms with Crippen molar-refractivity contribution in [3.8, 4) is 11.1 Å². The minimum atomic E-state index is -0.693. The van der Waals surface area contributed by atoms with Gasteiger partial charge in [0.25, 0.3) is 5.91 Å². The lowest BCUT2D eigenvalue weighted by atomic mass is 9.73. The molecule has 7 heteroatoms. The molecular weight excluding hydrogens is 402 g/mol. The minimum Gasteiger partial charge on any atom is -0.356 e. The Labute approximate surface area is 188 Å². The van der Waals surface area contributed by atoms with Crippen LogP contribution in [0.2, 0.25) is 0 Å². The molecule has 3 heterocycles. The molecule has 0 bridgehead atoms. The maximum absolute atomic E-state index is 13.4. The van der Waals surface area contributed by atoms with Gasteiger partial charge in [-0.05, 0) is 61.1 Å². The van der Waals surface area contributed by atoms with Crippen LogP contribution in [0.4, 0.5) is 0 Å². The summed E-state index contributed by atoms with van der Waals surface area (Å²) in [4.78, 5) is 32.5. The number of aromatic nitrogens is 3. The molecule has 0 saturated carbocycles. The maximum Gasteiger partial charge on any atom is 0.274 e. The van der Waals surface area contributed by atoms with Crippen molar-refractivity contribution in [3.63, 3.8) is 0 Å². The van der Waals surface area contributed by atoms with E-state index in [4.69, 9.17) is 0 Å². The zero-order chi connectivity index (χ0) is 22.6. The van der Waals surface area contributed by atoms with E-state index in [-0.39, 0.29) is 11.8 Å². The van der Waals surface area contributed by atoms with Gasteiger partial charge in [-0.2, -0.15) is 5.10 Å². The van der Waals surface area contributed by atoms with E-state index >= 15 is 0 Å². The Morgan fingerprint density at radius 2 is 1.91 bits per heavy atom. The summed E-state index contributed by atoms with van der Waals surface area (Å²) in [6.45, 7) is 3.48. The highest BCUT2D eigenvalue weighted by molar-refractivity contribution is 5.93. The molecule has 7 nitrogen and oxygen atoms in total. The van der Waals surface area contributed by atoms with Crippen molar-refractivity contribution < 1.29 is 9.59 Å². The number of rotatable bonds is 6. The summed E-state index contributed by atoms with van der Waals surface area (Å²) in [5.74, 6) is -0.121. The van der Waals surface area contributed by atoms with E-state index in [0.717, 1.165) is 29.5 Å². The molecule has 1 fully saturated rings. The number of nitrogens with zero attached hydrogens (tertiary/aromatic N) is 4. The second-order valence-electron chi connectivity index (χ2n) is 8.41. The number of pyridine rings is 1. The van der Waals surface area contributed by atoms with Crippen LogP contribution in [0.15, 0.2) is 61.1 Å². The van der Waals surface area contributed by atoms with Gasteiger partial charge < -0.3 is 10.2 Å². The van der Waals surface area contributed by atoms with Crippen LogP contribution in [0.3, 0.4) is 0 Å². The smallest absolute Gasteiger partial charge is 0.274 e. The number of piperidine rings is 1. The van der Waals surface area contributed by atoms with Gasteiger partial charge in [0.05, 0.1) is 5.41 Å². The highest BCUT2D eigenvalue weighted by atomic mass is 16.2. The highest BCUT2D eigenvalue weighted by Gasteiger charge is 2.44. The Morgan fingerprint density at radius 3 is 2.62 bits per heavy atom. The molecule has 1 saturated heterocycles. The summed E-state index contributed by atoms with van der Waals surface area (Å²) in [5.41, 5.74) is 2.97. The monoisotopic (exact) mass is 431 g/mol. The first-order valence-electron chi connectivity index (χ1n) is 11.1. The second kappa shape index (κ2) is 9.34. The zero-order valence-electron chi connectivity index (χ0n) is 18.6. The number of carbonyl (C=O) groups is 2. The van der Waals surface area contributed by atoms with Gasteiger partial charge in [0.2, 0.25) is 5.91 Å². The quantitative estimate of drug-likeness (QED) is 0.650. The standard InChI is InChI=1S/C25H29N5O2/c1-3-27-24(32)25(12-6-15-30(18-25)23(31)22-11-16-29(2)28-22)17-20-7-4-5-8-21(20)19-9-13-26-14-10-19/h4-5,7-11,13-14,16H,3,6,12,15,17-18H2,1-2H3,(H,27,32). The number of likely N-dealkylation sites (tertiary alicyclic amines) is 1. The maximum atomic E-state index is 13.4. The second-order valence-corrected chi connectivity index (χ2v) is 8.41. The van der Waals surface area contributed by atoms with Crippen LogP contribution in [0.5, 0.6) is 0 Å². The predicted molar refractivity (Wildman–Crippen MR) is 123 cm³/mol. The highest BCUT2D eigenvalue weighted by Crippen LogP contribution is 2.37. The van der Waals surface area contributed by atoms with Crippen molar-refractivity contribution in [1.82, 2.24) is 25.0 Å². The van der Waals surface area contributed by atoms with E-state index in [1.807, 2.05) is 31.2 Å². The first kappa shape index (κ1) is 21.7. The van der Waals surface area contributed by atoms with Gasteiger partial charge in [-0.1, -0.05) is 24.3 Å². The summed E-state index contributed by atoms with van der Waals surface area (Å²) in [6, 6.07) is 13.9. The number of aryl methyl sites for hydroxylation is 1. The molecule has 1 unspecified atom stereocenters. The van der Waals surface area contributed by atoms with Crippen molar-refractivity contribution >= 4 is 11.8 Å². The summed E-state index contributed by atoms with van der Waals surface area (Å²) in [6.07, 6.45) is 7.38. The van der Waals surface area contributed by atoms with E-state index in [0.29, 0.717) is 31.7 Å². The molecule has 1 aliphatic rings. The molecule has 2 amide bonds. The van der Waals surface area contributed by atoms with Crippen LogP contribution in [0.25, 0.3) is 11.1 Å². The van der Waals surface area contributed by atoms with Gasteiger partial charge in [0, 0.05) is 45.3 Å². The number of nitrogens with one attached hydrogen (secondary N) is 1. The number of benzene rings is 1. The molecule has 0 spiro atoms. The Kier molecular flexibility index (Phi) is 6.35. The summed E-state index contributed by atoms with van der Waals surface area (Å²) in [7, 11) is 1.79. The molecule has 1 atom stereocenters. The topological polar surface area (TPSA) is 80.1 Å². The van der Waals surface area contributed by atoms with E-state index in [2.05, 4.69) is 27.5 Å². The average molecular weight is 432 g/mol. The van der Waals surface area contributed by atoms with Gasteiger partial charge in [0.15, 0.2) is 0 Å². The van der Waals surface area contributed by atoms with E-state index in [1.165, 1.54) is 0 Å². The molecule has 0 radical (unpaired) electrons. The van der Waals surface area contributed by atoms with E-state index in [1.54, 1.807) is 41.3 Å². The average Bonchev–Trinajstić information content (AvgIpc) is 3.26. The van der Waals surface area contributed by atoms with Gasteiger partial charge in [-0.3, -0.25) is 19.3 Å². The largest absolute Gasteiger partial charge is 0.356 e. The number of hydrogen-bond acceptors (Lipinski definition) is 4. The molecule has 1 aliphatic heterocycles. The third kappa shape index (κ3) is 4.42. The third-order valence-corrected chi connectivity index (χ3v) is 6.15. The molecule has 32 heavy (non-hydrogen) atoms. The SMILES string of the molecule is CCNC(=O)C1(Cc2ccccc2-c2ccncc2)CCCN(C(=O)c2ccn(C)n2)C1. The third-order valence-electron chi connectivity index (χ3n) is 6.15. The van der Waals surface area contributed by atoms with Gasteiger partial charge in [-0.15, -0.1) is 0 Å². The molecular formula is C25H29N5O2. The molecule has 1 N–H and O–H groups in total. The van der Waals surface area contributed by atoms with Crippen LogP contribution >= 0.6 is 0 Å². The fourth-order valence-corrected chi connectivity index (χ4v) is 4.61. The molecule has 0 aliphatic carbocycles. The first-order valence-corrected chi connectivity index (χ1v) is 11.1. The number of hydrogen-bond donors (Lipinski definition) is 1. The fraction of sp³-hybridized carbons (Fsp3) is 0.360. The summed E-state index contributed by atoms with van der Waals surface area (Å²) < 4.78 is 1.62. The number of carbonyl (C=O) groups excluding carboxylic acids is 2. The van der Waals surface area contributed by atoms with Crippen molar-refractivity contribution in [1.29, 1.82) is 0 Å². The lowest BCUT2D eigenvalue weighted by Gasteiger charge is -2.42. The van der Waals surface area contributed by atoms with Crippen LogP contribution < -0.4 is 5.32 Å². The Hall–Kier alpha value is -3.48. The fourth-order valence-electron chi connectivity index (χ4n) is 4.61. The first-order chi connectivity index (χ1) is 15.5. The van der Waals surface area contributed by atoms with Gasteiger partial charge in [-0.25, -0.2) is 0 Å². The van der Waals surface area contributed by atoms with Crippen LogP contribution in [-0.2, 0) is 18.3 Å². The normalized spacial score (nSPS) is 18.4. The molecule has 3 aromatic rings. The van der Waals surface area contributed by atoms with Crippen LogP contribution in [-0.4, -0.2) is 51.1 Å². The van der Waals surface area contributed by atoms with Crippen molar-refractivity contribution in [3.05, 3.63) is 72.3 Å². The lowest BCUT2D eigenvalue weighted by Crippen LogP contribution is -2.54. The van der Waals surface area contributed by atoms with E-state index in [9.17, 15) is 9.59 Å². The molecule has 4 rings (SSSR count). The van der Waals surface area contributed by atoms with Gasteiger partial charge >= 0.3 is 0 Å². The summed E-state index contributed by atoms with van der Waals surface area (Å²) in [5, 5.41) is 7.30. The van der Waals surface area contributed by atoms with E-state index < -0.39 is 5.41 Å². The Morgan fingerprint density at radius 1 is 1.12 bits per heavy atom. The Balaban J connectivity index is 1.67. The Bertz CT molecular complexity index is 1090. The van der Waals surface area contributed by atoms with Crippen LogP contribution in [0, 0.1) is 5.41 Å². The van der Waals surface area contributed by atoms with Gasteiger partial charge in [0.1, 0.15) is 5.69 Å².